The van der Waals surface area contributed by atoms with Crippen molar-refractivity contribution in [3.63, 3.8) is 0 Å². The summed E-state index contributed by atoms with van der Waals surface area (Å²) in [5.74, 6) is -0.282. The van der Waals surface area contributed by atoms with Crippen LogP contribution in [0.1, 0.15) is 20.3 Å². The van der Waals surface area contributed by atoms with Gasteiger partial charge in [0.15, 0.2) is 0 Å². The number of amides is 2. The molecule has 0 aliphatic carbocycles. The molecular weight excluding hydrogens is 368 g/mol. The predicted octanol–water partition coefficient (Wildman–Crippen LogP) is 0.0238. The highest BCUT2D eigenvalue weighted by Crippen LogP contribution is 2.10. The van der Waals surface area contributed by atoms with Gasteiger partial charge < -0.3 is 10.2 Å². The van der Waals surface area contributed by atoms with Crippen LogP contribution in [-0.4, -0.2) is 75.3 Å². The number of rotatable bonds is 7. The Hall–Kier alpha value is -1.97. The third kappa shape index (κ3) is 6.30. The zero-order chi connectivity index (χ0) is 19.9. The van der Waals surface area contributed by atoms with Gasteiger partial charge >= 0.3 is 0 Å². The summed E-state index contributed by atoms with van der Waals surface area (Å²) in [6.07, 6.45) is 0.739. The van der Waals surface area contributed by atoms with Gasteiger partial charge in [0, 0.05) is 32.7 Å². The minimum absolute atomic E-state index is 0.0266. The normalized spacial score (nSPS) is 17.2. The molecule has 1 atom stereocenters. The van der Waals surface area contributed by atoms with Gasteiger partial charge in [-0.25, -0.2) is 8.42 Å². The largest absolute Gasteiger partial charge is 0.355 e. The first-order chi connectivity index (χ1) is 12.8. The molecule has 1 aromatic carbocycles. The summed E-state index contributed by atoms with van der Waals surface area (Å²) in [6.45, 7) is 6.66. The van der Waals surface area contributed by atoms with Crippen molar-refractivity contribution in [2.75, 3.05) is 39.3 Å². The van der Waals surface area contributed by atoms with E-state index in [4.69, 9.17) is 0 Å². The van der Waals surface area contributed by atoms with Crippen LogP contribution in [0.4, 0.5) is 0 Å². The summed E-state index contributed by atoms with van der Waals surface area (Å²) in [4.78, 5) is 28.2. The molecule has 0 spiro atoms. The topological polar surface area (TPSA) is 98.8 Å². The number of nitrogens with zero attached hydrogens (tertiary/aromatic N) is 2. The molecule has 8 nitrogen and oxygen atoms in total. The summed E-state index contributed by atoms with van der Waals surface area (Å²) in [5, 5.41) is 2.77. The molecule has 1 aliphatic rings. The van der Waals surface area contributed by atoms with Gasteiger partial charge in [-0.15, -0.1) is 0 Å². The van der Waals surface area contributed by atoms with Gasteiger partial charge in [0.25, 0.3) is 0 Å². The molecule has 150 valence electrons. The van der Waals surface area contributed by atoms with Crippen LogP contribution in [0.2, 0.25) is 0 Å². The molecule has 1 heterocycles. The van der Waals surface area contributed by atoms with E-state index in [2.05, 4.69) is 10.0 Å². The highest BCUT2D eigenvalue weighted by Gasteiger charge is 2.27. The molecule has 2 amide bonds. The lowest BCUT2D eigenvalue weighted by Crippen LogP contribution is -2.48. The van der Waals surface area contributed by atoms with Crippen LogP contribution in [-0.2, 0) is 19.6 Å². The second-order valence-corrected chi connectivity index (χ2v) is 8.28. The van der Waals surface area contributed by atoms with Crippen LogP contribution in [0, 0.1) is 0 Å². The van der Waals surface area contributed by atoms with Crippen molar-refractivity contribution in [3.05, 3.63) is 30.3 Å². The lowest BCUT2D eigenvalue weighted by atomic mass is 10.3. The van der Waals surface area contributed by atoms with E-state index < -0.39 is 16.1 Å². The SMILES string of the molecule is CCNC(=O)CN1CCCN(C(=O)[C@H](C)NS(=O)(=O)c2ccccc2)CC1. The Bertz CT molecular complexity index is 739. The van der Waals surface area contributed by atoms with E-state index in [0.717, 1.165) is 13.0 Å². The molecule has 2 rings (SSSR count). The molecular formula is C18H28N4O4S. The number of carbonyl (C=O) groups is 2. The van der Waals surface area contributed by atoms with Crippen LogP contribution in [0.5, 0.6) is 0 Å². The molecule has 0 unspecified atom stereocenters. The maximum Gasteiger partial charge on any atom is 0.241 e. The molecule has 1 aliphatic heterocycles. The number of sulfonamides is 1. The van der Waals surface area contributed by atoms with Crippen molar-refractivity contribution in [2.45, 2.75) is 31.2 Å². The van der Waals surface area contributed by atoms with E-state index in [-0.39, 0.29) is 16.7 Å². The molecule has 0 bridgehead atoms. The van der Waals surface area contributed by atoms with E-state index in [1.54, 1.807) is 30.0 Å². The predicted molar refractivity (Wildman–Crippen MR) is 103 cm³/mol. The number of benzene rings is 1. The summed E-state index contributed by atoms with van der Waals surface area (Å²) >= 11 is 0. The van der Waals surface area contributed by atoms with E-state index >= 15 is 0 Å². The molecule has 1 aromatic rings. The minimum Gasteiger partial charge on any atom is -0.355 e. The number of hydrogen-bond donors (Lipinski definition) is 2. The molecule has 1 fully saturated rings. The third-order valence-electron chi connectivity index (χ3n) is 4.40. The number of carbonyl (C=O) groups excluding carboxylic acids is 2. The lowest BCUT2D eigenvalue weighted by molar-refractivity contribution is -0.132. The Morgan fingerprint density at radius 3 is 2.48 bits per heavy atom. The second kappa shape index (κ2) is 9.82. The number of hydrogen-bond acceptors (Lipinski definition) is 5. The Balaban J connectivity index is 1.92. The zero-order valence-corrected chi connectivity index (χ0v) is 16.7. The van der Waals surface area contributed by atoms with Gasteiger partial charge in [-0.2, -0.15) is 4.72 Å². The molecule has 0 saturated carbocycles. The second-order valence-electron chi connectivity index (χ2n) is 6.56. The fourth-order valence-electron chi connectivity index (χ4n) is 3.03. The lowest BCUT2D eigenvalue weighted by Gasteiger charge is -2.25. The van der Waals surface area contributed by atoms with Crippen molar-refractivity contribution in [2.24, 2.45) is 0 Å². The van der Waals surface area contributed by atoms with Gasteiger partial charge in [-0.1, -0.05) is 18.2 Å². The highest BCUT2D eigenvalue weighted by molar-refractivity contribution is 7.89. The van der Waals surface area contributed by atoms with E-state index in [1.165, 1.54) is 12.1 Å². The van der Waals surface area contributed by atoms with Gasteiger partial charge in [-0.3, -0.25) is 14.5 Å². The summed E-state index contributed by atoms with van der Waals surface area (Å²) in [6, 6.07) is 7.13. The van der Waals surface area contributed by atoms with Crippen LogP contribution in [0.3, 0.4) is 0 Å². The Kier molecular flexibility index (Phi) is 7.76. The zero-order valence-electron chi connectivity index (χ0n) is 15.8. The van der Waals surface area contributed by atoms with Gasteiger partial charge in [-0.05, 0) is 32.4 Å². The van der Waals surface area contributed by atoms with Crippen LogP contribution in [0.25, 0.3) is 0 Å². The van der Waals surface area contributed by atoms with E-state index in [1.807, 2.05) is 11.8 Å². The summed E-state index contributed by atoms with van der Waals surface area (Å²) in [7, 11) is -3.75. The van der Waals surface area contributed by atoms with E-state index in [9.17, 15) is 18.0 Å². The number of nitrogens with one attached hydrogen (secondary N) is 2. The Labute approximate surface area is 161 Å². The monoisotopic (exact) mass is 396 g/mol. The summed E-state index contributed by atoms with van der Waals surface area (Å²) in [5.41, 5.74) is 0. The van der Waals surface area contributed by atoms with Gasteiger partial charge in [0.05, 0.1) is 17.5 Å². The molecule has 9 heteroatoms. The summed E-state index contributed by atoms with van der Waals surface area (Å²) < 4.78 is 27.2. The standard InChI is InChI=1S/C18H28N4O4S/c1-3-19-17(23)14-21-10-7-11-22(13-12-21)18(24)15(2)20-27(25,26)16-8-5-4-6-9-16/h4-6,8-9,15,20H,3,7,10-14H2,1-2H3,(H,19,23)/t15-/m0/s1. The van der Waals surface area contributed by atoms with Gasteiger partial charge in [0.1, 0.15) is 0 Å². The number of likely N-dealkylation sites (N-methyl/N-ethyl adjacent to an activating group) is 1. The van der Waals surface area contributed by atoms with E-state index in [0.29, 0.717) is 32.7 Å². The molecule has 0 aromatic heterocycles. The molecule has 0 radical (unpaired) electrons. The maximum absolute atomic E-state index is 12.7. The van der Waals surface area contributed by atoms with Crippen molar-refractivity contribution < 1.29 is 18.0 Å². The molecule has 1 saturated heterocycles. The maximum atomic E-state index is 12.7. The average molecular weight is 397 g/mol. The quantitative estimate of drug-likeness (QED) is 0.677. The third-order valence-corrected chi connectivity index (χ3v) is 5.95. The molecule has 27 heavy (non-hydrogen) atoms. The van der Waals surface area contributed by atoms with Crippen LogP contribution < -0.4 is 10.0 Å². The Morgan fingerprint density at radius 2 is 1.81 bits per heavy atom. The minimum atomic E-state index is -3.75. The first-order valence-electron chi connectivity index (χ1n) is 9.18. The van der Waals surface area contributed by atoms with Crippen molar-refractivity contribution >= 4 is 21.8 Å². The molecule has 2 N–H and O–H groups in total. The smallest absolute Gasteiger partial charge is 0.241 e. The first-order valence-corrected chi connectivity index (χ1v) is 10.7. The highest BCUT2D eigenvalue weighted by atomic mass is 32.2. The first kappa shape index (κ1) is 21.3. The fourth-order valence-corrected chi connectivity index (χ4v) is 4.25. The van der Waals surface area contributed by atoms with Crippen molar-refractivity contribution in [3.8, 4) is 0 Å². The van der Waals surface area contributed by atoms with Crippen LogP contribution in [0.15, 0.2) is 35.2 Å². The van der Waals surface area contributed by atoms with Gasteiger partial charge in [0.2, 0.25) is 21.8 Å². The van der Waals surface area contributed by atoms with Crippen molar-refractivity contribution in [1.82, 2.24) is 19.8 Å². The Morgan fingerprint density at radius 1 is 1.11 bits per heavy atom. The van der Waals surface area contributed by atoms with Crippen molar-refractivity contribution in [1.29, 1.82) is 0 Å². The fraction of sp³-hybridized carbons (Fsp3) is 0.556. The van der Waals surface area contributed by atoms with Crippen LogP contribution >= 0.6 is 0 Å². The average Bonchev–Trinajstić information content (AvgIpc) is 2.87.